The largest absolute Gasteiger partial charge is 0.248 e. The van der Waals surface area contributed by atoms with Gasteiger partial charge in [0.25, 0.3) is 0 Å². The summed E-state index contributed by atoms with van der Waals surface area (Å²) in [6, 6.07) is 3.06. The van der Waals surface area contributed by atoms with Crippen LogP contribution in [-0.2, 0) is 9.84 Å². The molecule has 0 spiro atoms. The molecule has 0 unspecified atom stereocenters. The molecule has 1 aromatic carbocycles. The Morgan fingerprint density at radius 2 is 1.53 bits per heavy atom. The summed E-state index contributed by atoms with van der Waals surface area (Å²) in [5.41, 5.74) is 1.27. The van der Waals surface area contributed by atoms with Crippen LogP contribution in [0.5, 0.6) is 0 Å². The molecule has 0 amide bonds. The Balaban J connectivity index is 2.86. The minimum atomic E-state index is -3.40. The molecule has 0 N–H and O–H groups in total. The van der Waals surface area contributed by atoms with Crippen molar-refractivity contribution < 1.29 is 8.42 Å². The Labute approximate surface area is 109 Å². The summed E-state index contributed by atoms with van der Waals surface area (Å²) < 4.78 is 23.0. The Morgan fingerprint density at radius 3 is 2.00 bits per heavy atom. The van der Waals surface area contributed by atoms with Gasteiger partial charge in [-0.15, -0.1) is 0 Å². The van der Waals surface area contributed by atoms with Crippen molar-refractivity contribution in [3.05, 3.63) is 27.9 Å². The van der Waals surface area contributed by atoms with Crippen LogP contribution in [0.25, 0.3) is 11.0 Å². The molecule has 4 nitrogen and oxygen atoms in total. The van der Waals surface area contributed by atoms with Gasteiger partial charge in [-0.05, 0) is 19.1 Å². The lowest BCUT2D eigenvalue weighted by Gasteiger charge is -2.05. The molecule has 1 heterocycles. The smallest absolute Gasteiger partial charge is 0.194 e. The van der Waals surface area contributed by atoms with Crippen molar-refractivity contribution in [2.75, 3.05) is 6.26 Å². The van der Waals surface area contributed by atoms with Crippen molar-refractivity contribution in [1.29, 1.82) is 0 Å². The van der Waals surface area contributed by atoms with Crippen molar-refractivity contribution in [2.45, 2.75) is 11.9 Å². The molecule has 2 aromatic rings. The summed E-state index contributed by atoms with van der Waals surface area (Å²) in [4.78, 5) is 8.21. The predicted molar refractivity (Wildman–Crippen MR) is 67.4 cm³/mol. The molecule has 0 saturated carbocycles. The highest BCUT2D eigenvalue weighted by molar-refractivity contribution is 7.90. The van der Waals surface area contributed by atoms with Gasteiger partial charge in [0.05, 0.1) is 26.8 Å². The van der Waals surface area contributed by atoms with Crippen molar-refractivity contribution in [1.82, 2.24) is 9.97 Å². The van der Waals surface area contributed by atoms with E-state index in [2.05, 4.69) is 9.97 Å². The summed E-state index contributed by atoms with van der Waals surface area (Å²) in [5, 5.41) is 0.639. The van der Waals surface area contributed by atoms with Gasteiger partial charge in [-0.3, -0.25) is 0 Å². The number of hydrogen-bond donors (Lipinski definition) is 0. The highest BCUT2D eigenvalue weighted by Gasteiger charge is 2.16. The Hall–Kier alpha value is -0.910. The minimum absolute atomic E-state index is 0.0385. The molecule has 0 aliphatic rings. The van der Waals surface area contributed by atoms with Gasteiger partial charge >= 0.3 is 0 Å². The Kier molecular flexibility index (Phi) is 3.01. The summed E-state index contributed by atoms with van der Waals surface area (Å²) in [7, 11) is -3.40. The van der Waals surface area contributed by atoms with E-state index in [1.165, 1.54) is 6.07 Å². The van der Waals surface area contributed by atoms with E-state index in [4.69, 9.17) is 23.2 Å². The summed E-state index contributed by atoms with van der Waals surface area (Å²) in [6.45, 7) is 1.59. The third-order valence-corrected chi connectivity index (χ3v) is 4.00. The van der Waals surface area contributed by atoms with E-state index in [9.17, 15) is 8.42 Å². The SMILES string of the molecule is Cc1nc2cc(Cl)c(Cl)cc2nc1S(C)(=O)=O. The average Bonchev–Trinajstić information content (AvgIpc) is 2.18. The quantitative estimate of drug-likeness (QED) is 0.810. The molecule has 90 valence electrons. The second-order valence-corrected chi connectivity index (χ2v) is 6.39. The lowest BCUT2D eigenvalue weighted by atomic mass is 10.3. The number of halogens is 2. The first-order valence-corrected chi connectivity index (χ1v) is 7.27. The Morgan fingerprint density at radius 1 is 1.06 bits per heavy atom. The van der Waals surface area contributed by atoms with Crippen molar-refractivity contribution >= 4 is 44.1 Å². The molecular weight excluding hydrogens is 283 g/mol. The van der Waals surface area contributed by atoms with Crippen LogP contribution in [0.3, 0.4) is 0 Å². The first-order chi connectivity index (χ1) is 7.79. The topological polar surface area (TPSA) is 59.9 Å². The van der Waals surface area contributed by atoms with E-state index < -0.39 is 9.84 Å². The van der Waals surface area contributed by atoms with Crippen LogP contribution in [0.4, 0.5) is 0 Å². The lowest BCUT2D eigenvalue weighted by molar-refractivity contribution is 0.597. The molecule has 1 aromatic heterocycles. The number of hydrogen-bond acceptors (Lipinski definition) is 4. The third kappa shape index (κ3) is 2.36. The second-order valence-electron chi connectivity index (χ2n) is 3.64. The maximum Gasteiger partial charge on any atom is 0.194 e. The van der Waals surface area contributed by atoms with Gasteiger partial charge in [0.2, 0.25) is 0 Å². The summed E-state index contributed by atoms with van der Waals surface area (Å²) in [5.74, 6) is 0. The van der Waals surface area contributed by atoms with E-state index >= 15 is 0 Å². The van der Waals surface area contributed by atoms with Gasteiger partial charge in [-0.25, -0.2) is 18.4 Å². The fraction of sp³-hybridized carbons (Fsp3) is 0.200. The van der Waals surface area contributed by atoms with Gasteiger partial charge in [-0.2, -0.15) is 0 Å². The van der Waals surface area contributed by atoms with Gasteiger partial charge in [0.1, 0.15) is 0 Å². The van der Waals surface area contributed by atoms with Crippen molar-refractivity contribution in [3.8, 4) is 0 Å². The number of rotatable bonds is 1. The van der Waals surface area contributed by atoms with E-state index in [1.807, 2.05) is 0 Å². The molecule has 2 rings (SSSR count). The van der Waals surface area contributed by atoms with Gasteiger partial charge in [0, 0.05) is 6.26 Å². The number of benzene rings is 1. The van der Waals surface area contributed by atoms with Crippen LogP contribution in [0.15, 0.2) is 17.2 Å². The van der Waals surface area contributed by atoms with Crippen molar-refractivity contribution in [2.24, 2.45) is 0 Å². The van der Waals surface area contributed by atoms with E-state index in [0.29, 0.717) is 26.8 Å². The van der Waals surface area contributed by atoms with Crippen LogP contribution in [0, 0.1) is 6.92 Å². The first-order valence-electron chi connectivity index (χ1n) is 4.62. The normalized spacial score (nSPS) is 12.0. The number of aryl methyl sites for hydroxylation is 1. The van der Waals surface area contributed by atoms with E-state index in [-0.39, 0.29) is 5.03 Å². The van der Waals surface area contributed by atoms with Crippen molar-refractivity contribution in [3.63, 3.8) is 0 Å². The number of sulfone groups is 1. The van der Waals surface area contributed by atoms with E-state index in [0.717, 1.165) is 6.26 Å². The molecule has 0 aliphatic heterocycles. The highest BCUT2D eigenvalue weighted by Crippen LogP contribution is 2.27. The van der Waals surface area contributed by atoms with Gasteiger partial charge in [-0.1, -0.05) is 23.2 Å². The molecule has 7 heteroatoms. The number of fused-ring (bicyclic) bond motifs is 1. The lowest BCUT2D eigenvalue weighted by Crippen LogP contribution is -2.05. The zero-order valence-corrected chi connectivity index (χ0v) is 11.4. The van der Waals surface area contributed by atoms with Crippen LogP contribution in [0.2, 0.25) is 10.0 Å². The van der Waals surface area contributed by atoms with Crippen LogP contribution in [0.1, 0.15) is 5.69 Å². The minimum Gasteiger partial charge on any atom is -0.248 e. The molecular formula is C10H8Cl2N2O2S. The molecule has 17 heavy (non-hydrogen) atoms. The van der Waals surface area contributed by atoms with Crippen LogP contribution >= 0.6 is 23.2 Å². The maximum atomic E-state index is 11.5. The maximum absolute atomic E-state index is 11.5. The molecule has 0 fully saturated rings. The summed E-state index contributed by atoms with van der Waals surface area (Å²) in [6.07, 6.45) is 1.09. The molecule has 0 atom stereocenters. The monoisotopic (exact) mass is 290 g/mol. The zero-order valence-electron chi connectivity index (χ0n) is 9.03. The molecule has 0 bridgehead atoms. The zero-order chi connectivity index (χ0) is 12.8. The van der Waals surface area contributed by atoms with E-state index in [1.54, 1.807) is 13.0 Å². The number of nitrogens with zero attached hydrogens (tertiary/aromatic N) is 2. The third-order valence-electron chi connectivity index (χ3n) is 2.19. The average molecular weight is 291 g/mol. The standard InChI is InChI=1S/C10H8Cl2N2O2S/c1-5-10(17(2,15)16)14-9-4-7(12)6(11)3-8(9)13-5/h3-4H,1-2H3. The summed E-state index contributed by atoms with van der Waals surface area (Å²) >= 11 is 11.7. The first kappa shape index (κ1) is 12.5. The molecule has 0 saturated heterocycles. The van der Waals surface area contributed by atoms with Gasteiger partial charge in [0.15, 0.2) is 14.9 Å². The fourth-order valence-corrected chi connectivity index (χ4v) is 2.64. The highest BCUT2D eigenvalue weighted by atomic mass is 35.5. The number of aromatic nitrogens is 2. The van der Waals surface area contributed by atoms with Crippen LogP contribution < -0.4 is 0 Å². The molecule has 0 radical (unpaired) electrons. The fourth-order valence-electron chi connectivity index (χ4n) is 1.47. The second kappa shape index (κ2) is 4.08. The van der Waals surface area contributed by atoms with Gasteiger partial charge < -0.3 is 0 Å². The van der Waals surface area contributed by atoms with Crippen LogP contribution in [-0.4, -0.2) is 24.6 Å². The molecule has 0 aliphatic carbocycles. The Bertz CT molecular complexity index is 714. The predicted octanol–water partition coefficient (Wildman–Crippen LogP) is 2.65.